The van der Waals surface area contributed by atoms with E-state index in [4.69, 9.17) is 9.84 Å². The molecule has 2 rings (SSSR count). The Hall–Kier alpha value is -1.88. The Labute approximate surface area is 105 Å². The lowest BCUT2D eigenvalue weighted by molar-refractivity contribution is 0.274. The van der Waals surface area contributed by atoms with E-state index in [-0.39, 0.29) is 12.4 Å². The van der Waals surface area contributed by atoms with Crippen LogP contribution in [0.3, 0.4) is 0 Å². The molecular formula is C13H15FN2O2. The molecular weight excluding hydrogens is 235 g/mol. The summed E-state index contributed by atoms with van der Waals surface area (Å²) in [4.78, 5) is 0. The molecule has 0 atom stereocenters. The lowest BCUT2D eigenvalue weighted by Crippen LogP contribution is -1.96. The van der Waals surface area contributed by atoms with Gasteiger partial charge in [0.05, 0.1) is 19.0 Å². The topological polar surface area (TPSA) is 47.3 Å². The minimum Gasteiger partial charge on any atom is -0.451 e. The maximum absolute atomic E-state index is 13.6. The van der Waals surface area contributed by atoms with Gasteiger partial charge in [-0.15, -0.1) is 0 Å². The average Bonchev–Trinajstić information content (AvgIpc) is 2.80. The summed E-state index contributed by atoms with van der Waals surface area (Å²) in [5.41, 5.74) is 0.415. The van der Waals surface area contributed by atoms with Crippen LogP contribution in [0.1, 0.15) is 18.9 Å². The van der Waals surface area contributed by atoms with Crippen LogP contribution in [-0.2, 0) is 13.2 Å². The summed E-state index contributed by atoms with van der Waals surface area (Å²) in [5, 5.41) is 13.2. The summed E-state index contributed by atoms with van der Waals surface area (Å²) in [6.07, 6.45) is 4.20. The van der Waals surface area contributed by atoms with Crippen LogP contribution in [0.5, 0.6) is 11.5 Å². The molecule has 0 aliphatic carbocycles. The number of rotatable bonds is 5. The zero-order chi connectivity index (χ0) is 13.0. The van der Waals surface area contributed by atoms with Crippen LogP contribution in [0.4, 0.5) is 4.39 Å². The van der Waals surface area contributed by atoms with Crippen molar-refractivity contribution >= 4 is 0 Å². The fourth-order valence-electron chi connectivity index (χ4n) is 1.66. The van der Waals surface area contributed by atoms with Gasteiger partial charge >= 0.3 is 0 Å². The van der Waals surface area contributed by atoms with Crippen molar-refractivity contribution in [3.8, 4) is 11.5 Å². The van der Waals surface area contributed by atoms with E-state index in [0.29, 0.717) is 11.3 Å². The Morgan fingerprint density at radius 2 is 2.28 bits per heavy atom. The zero-order valence-corrected chi connectivity index (χ0v) is 10.1. The summed E-state index contributed by atoms with van der Waals surface area (Å²) in [5.74, 6) is 0.0177. The van der Waals surface area contributed by atoms with Gasteiger partial charge < -0.3 is 9.84 Å². The smallest absolute Gasteiger partial charge is 0.168 e. The second kappa shape index (κ2) is 5.64. The fraction of sp³-hybridized carbons (Fsp3) is 0.308. The third kappa shape index (κ3) is 2.68. The number of hydrogen-bond acceptors (Lipinski definition) is 3. The molecule has 96 valence electrons. The summed E-state index contributed by atoms with van der Waals surface area (Å²) in [7, 11) is 0. The largest absolute Gasteiger partial charge is 0.451 e. The molecule has 0 fully saturated rings. The highest BCUT2D eigenvalue weighted by molar-refractivity contribution is 5.37. The Morgan fingerprint density at radius 3 is 3.00 bits per heavy atom. The maximum atomic E-state index is 13.6. The standard InChI is InChI=1S/C13H15FN2O2/c1-2-6-16-8-11(7-15-16)18-13-10(9-17)4-3-5-12(13)14/h3-5,7-8,17H,2,6,9H2,1H3. The summed E-state index contributed by atoms with van der Waals surface area (Å²) < 4.78 is 20.8. The Bertz CT molecular complexity index is 525. The van der Waals surface area contributed by atoms with Gasteiger partial charge in [0.25, 0.3) is 0 Å². The van der Waals surface area contributed by atoms with Crippen molar-refractivity contribution in [2.24, 2.45) is 0 Å². The van der Waals surface area contributed by atoms with E-state index in [9.17, 15) is 4.39 Å². The lowest BCUT2D eigenvalue weighted by atomic mass is 10.2. The second-order valence-electron chi connectivity index (χ2n) is 3.93. The second-order valence-corrected chi connectivity index (χ2v) is 3.93. The number of ether oxygens (including phenoxy) is 1. The number of aliphatic hydroxyl groups excluding tert-OH is 1. The molecule has 1 heterocycles. The molecule has 1 N–H and O–H groups in total. The van der Waals surface area contributed by atoms with Gasteiger partial charge in [-0.1, -0.05) is 19.1 Å². The lowest BCUT2D eigenvalue weighted by Gasteiger charge is -2.08. The van der Waals surface area contributed by atoms with Crippen LogP contribution in [0.2, 0.25) is 0 Å². The van der Waals surface area contributed by atoms with Crippen molar-refractivity contribution in [2.45, 2.75) is 26.5 Å². The van der Waals surface area contributed by atoms with E-state index in [1.807, 2.05) is 6.92 Å². The van der Waals surface area contributed by atoms with Crippen LogP contribution in [-0.4, -0.2) is 14.9 Å². The average molecular weight is 250 g/mol. The Morgan fingerprint density at radius 1 is 1.44 bits per heavy atom. The molecule has 5 heteroatoms. The predicted octanol–water partition coefficient (Wildman–Crippen LogP) is 2.72. The van der Waals surface area contributed by atoms with Gasteiger partial charge in [-0.05, 0) is 12.5 Å². The van der Waals surface area contributed by atoms with Crippen LogP contribution < -0.4 is 4.74 Å². The van der Waals surface area contributed by atoms with Crippen LogP contribution in [0, 0.1) is 5.82 Å². The van der Waals surface area contributed by atoms with Crippen molar-refractivity contribution in [3.05, 3.63) is 42.0 Å². The Kier molecular flexibility index (Phi) is 3.94. The molecule has 1 aromatic carbocycles. The molecule has 2 aromatic rings. The molecule has 0 aliphatic rings. The number of aryl methyl sites for hydroxylation is 1. The number of hydrogen-bond donors (Lipinski definition) is 1. The summed E-state index contributed by atoms with van der Waals surface area (Å²) >= 11 is 0. The fourth-order valence-corrected chi connectivity index (χ4v) is 1.66. The van der Waals surface area contributed by atoms with E-state index in [2.05, 4.69) is 5.10 Å². The molecule has 18 heavy (non-hydrogen) atoms. The minimum absolute atomic E-state index is 0.0519. The summed E-state index contributed by atoms with van der Waals surface area (Å²) in [6, 6.07) is 4.45. The number of aromatic nitrogens is 2. The first-order valence-electron chi connectivity index (χ1n) is 5.83. The van der Waals surface area contributed by atoms with Gasteiger partial charge in [-0.25, -0.2) is 4.39 Å². The molecule has 0 bridgehead atoms. The molecule has 0 saturated carbocycles. The number of halogens is 1. The predicted molar refractivity (Wildman–Crippen MR) is 64.9 cm³/mol. The maximum Gasteiger partial charge on any atom is 0.168 e. The number of para-hydroxylation sites is 1. The zero-order valence-electron chi connectivity index (χ0n) is 10.1. The third-order valence-electron chi connectivity index (χ3n) is 2.50. The first-order chi connectivity index (χ1) is 8.74. The monoisotopic (exact) mass is 250 g/mol. The van der Waals surface area contributed by atoms with Crippen LogP contribution in [0.25, 0.3) is 0 Å². The quantitative estimate of drug-likeness (QED) is 0.887. The van der Waals surface area contributed by atoms with Gasteiger partial charge in [0.15, 0.2) is 17.3 Å². The van der Waals surface area contributed by atoms with Crippen molar-refractivity contribution in [1.29, 1.82) is 0 Å². The molecule has 0 aliphatic heterocycles. The highest BCUT2D eigenvalue weighted by atomic mass is 19.1. The van der Waals surface area contributed by atoms with Crippen molar-refractivity contribution in [3.63, 3.8) is 0 Å². The van der Waals surface area contributed by atoms with Gasteiger partial charge in [0.1, 0.15) is 0 Å². The van der Waals surface area contributed by atoms with Crippen molar-refractivity contribution in [2.75, 3.05) is 0 Å². The van der Waals surface area contributed by atoms with Crippen molar-refractivity contribution in [1.82, 2.24) is 9.78 Å². The van der Waals surface area contributed by atoms with E-state index >= 15 is 0 Å². The molecule has 1 aromatic heterocycles. The van der Waals surface area contributed by atoms with Gasteiger partial charge in [-0.3, -0.25) is 4.68 Å². The van der Waals surface area contributed by atoms with Crippen LogP contribution in [0.15, 0.2) is 30.6 Å². The SMILES string of the molecule is CCCn1cc(Oc2c(F)cccc2CO)cn1. The van der Waals surface area contributed by atoms with E-state index in [1.165, 1.54) is 18.3 Å². The minimum atomic E-state index is -0.496. The molecule has 0 saturated heterocycles. The highest BCUT2D eigenvalue weighted by Gasteiger charge is 2.11. The normalized spacial score (nSPS) is 10.6. The first-order valence-corrected chi connectivity index (χ1v) is 5.83. The van der Waals surface area contributed by atoms with Gasteiger partial charge in [-0.2, -0.15) is 5.10 Å². The highest BCUT2D eigenvalue weighted by Crippen LogP contribution is 2.28. The number of nitrogens with zero attached hydrogens (tertiary/aromatic N) is 2. The van der Waals surface area contributed by atoms with Crippen molar-refractivity contribution < 1.29 is 14.2 Å². The van der Waals surface area contributed by atoms with Gasteiger partial charge in [0.2, 0.25) is 0 Å². The Balaban J connectivity index is 2.22. The number of aliphatic hydroxyl groups is 1. The molecule has 0 radical (unpaired) electrons. The molecule has 0 unspecified atom stereocenters. The van der Waals surface area contributed by atoms with Crippen LogP contribution >= 0.6 is 0 Å². The number of benzene rings is 1. The molecule has 0 amide bonds. The van der Waals surface area contributed by atoms with E-state index < -0.39 is 5.82 Å². The van der Waals surface area contributed by atoms with E-state index in [1.54, 1.807) is 16.9 Å². The first kappa shape index (κ1) is 12.6. The molecule has 0 spiro atoms. The molecule has 4 nitrogen and oxygen atoms in total. The third-order valence-corrected chi connectivity index (χ3v) is 2.50. The van der Waals surface area contributed by atoms with E-state index in [0.717, 1.165) is 13.0 Å². The summed E-state index contributed by atoms with van der Waals surface area (Å²) in [6.45, 7) is 2.56. The van der Waals surface area contributed by atoms with Gasteiger partial charge in [0, 0.05) is 12.1 Å².